The van der Waals surface area contributed by atoms with Crippen LogP contribution in [0, 0.1) is 0 Å². The molecule has 0 aliphatic rings. The van der Waals surface area contributed by atoms with Gasteiger partial charge in [0.25, 0.3) is 10.1 Å². The predicted molar refractivity (Wildman–Crippen MR) is 212 cm³/mol. The van der Waals surface area contributed by atoms with Crippen molar-refractivity contribution < 1.29 is 100 Å². The van der Waals surface area contributed by atoms with Gasteiger partial charge in [0.1, 0.15) is 0 Å². The second-order valence-corrected chi connectivity index (χ2v) is 16.6. The molecule has 0 heterocycles. The highest BCUT2D eigenvalue weighted by Crippen LogP contribution is 2.28. The summed E-state index contributed by atoms with van der Waals surface area (Å²) in [5.74, 6) is -18.9. The molecule has 5 N–H and O–H groups in total. The number of carbonyl (C=O) groups is 10. The van der Waals surface area contributed by atoms with Crippen molar-refractivity contribution in [3.63, 3.8) is 0 Å². The Morgan fingerprint density at radius 2 is 0.774 bits per heavy atom. The molecule has 0 amide bonds. The van der Waals surface area contributed by atoms with Gasteiger partial charge in [-0.3, -0.25) is 42.9 Å². The average molecular weight is 911 g/mol. The molecule has 3 atom stereocenters. The molecule has 0 saturated carbocycles. The van der Waals surface area contributed by atoms with E-state index in [1.54, 1.807) is 0 Å². The minimum absolute atomic E-state index is 0.274. The summed E-state index contributed by atoms with van der Waals surface area (Å²) in [6.07, 6.45) is 6.54. The van der Waals surface area contributed by atoms with Gasteiger partial charge in [-0.1, -0.05) is 117 Å². The van der Waals surface area contributed by atoms with Crippen LogP contribution < -0.4 is 0 Å². The molecule has 0 aromatic rings. The van der Waals surface area contributed by atoms with Crippen molar-refractivity contribution in [1.82, 2.24) is 0 Å². The Labute approximate surface area is 360 Å². The summed E-state index contributed by atoms with van der Waals surface area (Å²) in [6.45, 7) is 4.18. The number of carboxylic acid groups (broad SMARTS) is 4. The van der Waals surface area contributed by atoms with Crippen LogP contribution in [0.5, 0.6) is 0 Å². The highest BCUT2D eigenvalue weighted by molar-refractivity contribution is 7.87. The quantitative estimate of drug-likeness (QED) is 0.0180. The smallest absolute Gasteiger partial charge is 0.349 e. The van der Waals surface area contributed by atoms with Crippen LogP contribution in [0.4, 0.5) is 0 Å². The fourth-order valence-electron chi connectivity index (χ4n) is 6.18. The fourth-order valence-corrected chi connectivity index (χ4v) is 6.82. The minimum Gasteiger partial charge on any atom is -0.481 e. The van der Waals surface area contributed by atoms with Gasteiger partial charge in [-0.25, -0.2) is 9.59 Å². The molecule has 0 rings (SSSR count). The summed E-state index contributed by atoms with van der Waals surface area (Å²) in [7, 11) is -5.90. The monoisotopic (exact) mass is 910 g/mol. The number of esters is 6. The summed E-state index contributed by atoms with van der Waals surface area (Å²) >= 11 is 0. The molecule has 3 unspecified atom stereocenters. The van der Waals surface area contributed by atoms with E-state index in [1.807, 2.05) is 0 Å². The van der Waals surface area contributed by atoms with Gasteiger partial charge >= 0.3 is 59.7 Å². The first-order valence-corrected chi connectivity index (χ1v) is 22.3. The van der Waals surface area contributed by atoms with Crippen molar-refractivity contribution in [2.45, 2.75) is 191 Å². The van der Waals surface area contributed by atoms with Crippen LogP contribution in [0.2, 0.25) is 0 Å². The molecular formula is C40H62O21S. The summed E-state index contributed by atoms with van der Waals surface area (Å²) in [4.78, 5) is 124. The van der Waals surface area contributed by atoms with E-state index >= 15 is 0 Å². The first-order valence-electron chi connectivity index (χ1n) is 20.8. The lowest BCUT2D eigenvalue weighted by molar-refractivity contribution is -0.191. The fraction of sp³-hybridized carbons (Fsp3) is 0.750. The van der Waals surface area contributed by atoms with Crippen LogP contribution in [-0.2, 0) is 77.0 Å². The van der Waals surface area contributed by atoms with Gasteiger partial charge in [-0.15, -0.1) is 0 Å². The zero-order chi connectivity index (χ0) is 47.4. The van der Waals surface area contributed by atoms with Crippen LogP contribution in [0.15, 0.2) is 0 Å². The highest BCUT2D eigenvalue weighted by atomic mass is 32.2. The van der Waals surface area contributed by atoms with Crippen molar-refractivity contribution in [2.24, 2.45) is 0 Å². The van der Waals surface area contributed by atoms with Crippen molar-refractivity contribution in [3.8, 4) is 0 Å². The number of carboxylic acids is 4. The van der Waals surface area contributed by atoms with Crippen molar-refractivity contribution in [2.75, 3.05) is 0 Å². The Hall–Kier alpha value is -4.99. The van der Waals surface area contributed by atoms with Crippen LogP contribution >= 0.6 is 0 Å². The maximum atomic E-state index is 13.1. The number of hydrogen-bond acceptors (Lipinski definition) is 16. The maximum Gasteiger partial charge on any atom is 0.349 e. The molecule has 0 bridgehead atoms. The number of aliphatic carboxylic acids is 4. The Bertz CT molecular complexity index is 1640. The molecule has 22 heteroatoms. The summed E-state index contributed by atoms with van der Waals surface area (Å²) < 4.78 is 52.8. The molecule has 0 aromatic heterocycles. The Balaban J connectivity index is 5.88. The molecule has 0 saturated heterocycles. The van der Waals surface area contributed by atoms with E-state index in [2.05, 4.69) is 32.8 Å². The average Bonchev–Trinajstić information content (AvgIpc) is 3.14. The molecule has 0 aliphatic carbocycles. The third-order valence-electron chi connectivity index (χ3n) is 9.52. The zero-order valence-electron chi connectivity index (χ0n) is 35.4. The van der Waals surface area contributed by atoms with Gasteiger partial charge in [0.2, 0.25) is 11.2 Å². The van der Waals surface area contributed by atoms with E-state index in [9.17, 15) is 81.3 Å². The lowest BCUT2D eigenvalue weighted by Crippen LogP contribution is -2.51. The third kappa shape index (κ3) is 24.5. The van der Waals surface area contributed by atoms with Crippen LogP contribution in [0.1, 0.15) is 174 Å². The van der Waals surface area contributed by atoms with Crippen LogP contribution in [0.25, 0.3) is 0 Å². The topological polar surface area (TPSA) is 343 Å². The molecular weight excluding hydrogens is 848 g/mol. The minimum atomic E-state index is -5.90. The Morgan fingerprint density at radius 3 is 1.08 bits per heavy atom. The molecule has 21 nitrogen and oxygen atoms in total. The van der Waals surface area contributed by atoms with E-state index in [1.165, 1.54) is 0 Å². The highest BCUT2D eigenvalue weighted by Gasteiger charge is 2.52. The van der Waals surface area contributed by atoms with Gasteiger partial charge < -0.3 is 39.4 Å². The molecule has 354 valence electrons. The summed E-state index contributed by atoms with van der Waals surface area (Å²) in [5.41, 5.74) is -6.94. The van der Waals surface area contributed by atoms with Gasteiger partial charge in [0.05, 0.1) is 32.1 Å². The number of ether oxygens (including phenoxy) is 4. The third-order valence-corrected chi connectivity index (χ3v) is 10.6. The molecule has 62 heavy (non-hydrogen) atoms. The molecule has 0 aliphatic heterocycles. The summed E-state index contributed by atoms with van der Waals surface area (Å²) in [6, 6.07) is 0. The maximum absolute atomic E-state index is 13.1. The SMILES string of the molecule is CCCCCCCCCCCC(=O)OC(=O)CC(CC(=O)O)(OC(=O)CC(C(=O)OC(CC(=O)O)(CC(=O)OC(=O)CCCCCCCCCCC)C(=O)O)S(=O)(=O)O)C(=O)O. The van der Waals surface area contributed by atoms with E-state index in [0.29, 0.717) is 12.8 Å². The van der Waals surface area contributed by atoms with E-state index in [-0.39, 0.29) is 25.7 Å². The Morgan fingerprint density at radius 1 is 0.452 bits per heavy atom. The normalized spacial score (nSPS) is 13.7. The number of hydrogen-bond donors (Lipinski definition) is 5. The largest absolute Gasteiger partial charge is 0.481 e. The molecule has 0 aromatic carbocycles. The lowest BCUT2D eigenvalue weighted by atomic mass is 9.94. The van der Waals surface area contributed by atoms with E-state index in [4.69, 9.17) is 0 Å². The second kappa shape index (κ2) is 30.1. The number of unbranched alkanes of at least 4 members (excludes halogenated alkanes) is 16. The van der Waals surface area contributed by atoms with Crippen LogP contribution in [0.3, 0.4) is 0 Å². The molecule has 0 spiro atoms. The lowest BCUT2D eigenvalue weighted by Gasteiger charge is -2.29. The van der Waals surface area contributed by atoms with E-state index in [0.717, 1.165) is 89.9 Å². The zero-order valence-corrected chi connectivity index (χ0v) is 36.2. The summed E-state index contributed by atoms with van der Waals surface area (Å²) in [5, 5.41) is 35.3. The van der Waals surface area contributed by atoms with Gasteiger partial charge in [-0.05, 0) is 12.8 Å². The Kier molecular flexibility index (Phi) is 27.7. The van der Waals surface area contributed by atoms with Gasteiger partial charge in [0, 0.05) is 12.8 Å². The number of rotatable bonds is 36. The number of carbonyl (C=O) groups excluding carboxylic acids is 6. The second-order valence-electron chi connectivity index (χ2n) is 15.0. The van der Waals surface area contributed by atoms with Crippen molar-refractivity contribution in [3.05, 3.63) is 0 Å². The van der Waals surface area contributed by atoms with Crippen molar-refractivity contribution in [1.29, 1.82) is 0 Å². The van der Waals surface area contributed by atoms with Gasteiger partial charge in [-0.2, -0.15) is 8.42 Å². The van der Waals surface area contributed by atoms with Crippen molar-refractivity contribution >= 4 is 69.8 Å². The standard InChI is InChI=1S/C40H62O21S/c1-3-5-7-9-11-13-15-17-19-21-31(45)58-34(48)26-39(37(51)52,24-29(41)42)60-33(47)23-28(62(55,56)57)36(50)61-40(38(53)54,25-30(43)44)27-35(49)59-32(46)22-20-18-16-14-12-10-8-6-4-2/h28H,3-27H2,1-2H3,(H,41,42)(H,43,44)(H,51,52)(H,53,54)(H,55,56,57). The van der Waals surface area contributed by atoms with Crippen LogP contribution in [-0.4, -0.2) is 110 Å². The van der Waals surface area contributed by atoms with Gasteiger partial charge in [0.15, 0.2) is 5.25 Å². The predicted octanol–water partition coefficient (Wildman–Crippen LogP) is 5.08. The first kappa shape index (κ1) is 57.0. The van der Waals surface area contributed by atoms with E-state index < -0.39 is 118 Å². The molecule has 0 radical (unpaired) electrons. The first-order chi connectivity index (χ1) is 29.0. The molecule has 0 fully saturated rings.